The normalized spacial score (nSPS) is 23.5. The molecule has 1 aromatic heterocycles. The second-order valence-electron chi connectivity index (χ2n) is 9.70. The molecule has 0 bridgehead atoms. The number of benzene rings is 1. The predicted molar refractivity (Wildman–Crippen MR) is 118 cm³/mol. The fourth-order valence-corrected chi connectivity index (χ4v) is 4.85. The van der Waals surface area contributed by atoms with E-state index in [0.717, 1.165) is 34.1 Å². The van der Waals surface area contributed by atoms with Gasteiger partial charge >= 0.3 is 6.09 Å². The fourth-order valence-electron chi connectivity index (χ4n) is 4.28. The third-order valence-corrected chi connectivity index (χ3v) is 6.63. The maximum Gasteiger partial charge on any atom is 0.407 e. The highest BCUT2D eigenvalue weighted by Crippen LogP contribution is 2.35. The van der Waals surface area contributed by atoms with Crippen molar-refractivity contribution in [3.63, 3.8) is 0 Å². The molecule has 9 nitrogen and oxygen atoms in total. The SMILES string of the molecule is CC(C)(C)OC(=O)NC1CC(N2Cc3cn(S(C)(=O)=O)nc3C2)COC1c1cc(F)ccc1F. The summed E-state index contributed by atoms with van der Waals surface area (Å²) in [5.41, 5.74) is 0.732. The van der Waals surface area contributed by atoms with Crippen molar-refractivity contribution in [3.8, 4) is 0 Å². The number of carbonyl (C=O) groups excluding carboxylic acids is 1. The number of nitrogens with zero attached hydrogens (tertiary/aromatic N) is 3. The molecule has 3 atom stereocenters. The first-order valence-corrected chi connectivity index (χ1v) is 12.7. The van der Waals surface area contributed by atoms with Gasteiger partial charge in [0.2, 0.25) is 0 Å². The van der Waals surface area contributed by atoms with Gasteiger partial charge in [0, 0.05) is 36.5 Å². The largest absolute Gasteiger partial charge is 0.444 e. The first kappa shape index (κ1) is 24.6. The molecule has 0 aliphatic carbocycles. The zero-order valence-corrected chi connectivity index (χ0v) is 20.2. The molecule has 3 unspecified atom stereocenters. The van der Waals surface area contributed by atoms with Crippen molar-refractivity contribution in [2.75, 3.05) is 12.9 Å². The van der Waals surface area contributed by atoms with E-state index in [9.17, 15) is 22.0 Å². The maximum atomic E-state index is 14.5. The van der Waals surface area contributed by atoms with Gasteiger partial charge in [0.15, 0.2) is 0 Å². The summed E-state index contributed by atoms with van der Waals surface area (Å²) in [6.07, 6.45) is 1.38. The van der Waals surface area contributed by atoms with Crippen molar-refractivity contribution in [3.05, 3.63) is 52.9 Å². The molecule has 3 heterocycles. The molecule has 12 heteroatoms. The molecule has 1 saturated heterocycles. The Labute approximate surface area is 197 Å². The number of amides is 1. The molecular weight excluding hydrogens is 470 g/mol. The average molecular weight is 499 g/mol. The van der Waals surface area contributed by atoms with E-state index < -0.39 is 45.5 Å². The van der Waals surface area contributed by atoms with Crippen LogP contribution in [0, 0.1) is 11.6 Å². The van der Waals surface area contributed by atoms with Crippen LogP contribution in [0.5, 0.6) is 0 Å². The summed E-state index contributed by atoms with van der Waals surface area (Å²) in [4.78, 5) is 14.6. The fraction of sp³-hybridized carbons (Fsp3) is 0.545. The third-order valence-electron chi connectivity index (χ3n) is 5.77. The Balaban J connectivity index is 1.53. The summed E-state index contributed by atoms with van der Waals surface area (Å²) in [5, 5.41) is 6.93. The molecule has 4 rings (SSSR count). The highest BCUT2D eigenvalue weighted by atomic mass is 32.2. The van der Waals surface area contributed by atoms with E-state index in [1.807, 2.05) is 0 Å². The second kappa shape index (κ2) is 8.90. The molecular formula is C22H28F2N4O5S. The van der Waals surface area contributed by atoms with Gasteiger partial charge < -0.3 is 14.8 Å². The minimum absolute atomic E-state index is 0.0219. The third kappa shape index (κ3) is 5.39. The molecule has 1 amide bonds. The maximum absolute atomic E-state index is 14.5. The lowest BCUT2D eigenvalue weighted by Crippen LogP contribution is -2.52. The lowest BCUT2D eigenvalue weighted by atomic mass is 9.92. The highest BCUT2D eigenvalue weighted by molar-refractivity contribution is 7.89. The molecule has 186 valence electrons. The second-order valence-corrected chi connectivity index (χ2v) is 11.5. The number of hydrogen-bond acceptors (Lipinski definition) is 7. The van der Waals surface area contributed by atoms with Crippen LogP contribution in [0.15, 0.2) is 24.4 Å². The van der Waals surface area contributed by atoms with Crippen molar-refractivity contribution in [2.24, 2.45) is 0 Å². The number of nitrogens with one attached hydrogen (secondary N) is 1. The van der Waals surface area contributed by atoms with E-state index in [1.165, 1.54) is 6.20 Å². The summed E-state index contributed by atoms with van der Waals surface area (Å²) < 4.78 is 64.2. The minimum Gasteiger partial charge on any atom is -0.444 e. The number of halogens is 2. The van der Waals surface area contributed by atoms with E-state index in [0.29, 0.717) is 25.2 Å². The van der Waals surface area contributed by atoms with Gasteiger partial charge in [-0.1, -0.05) is 0 Å². The Bertz CT molecular complexity index is 1170. The first-order valence-electron chi connectivity index (χ1n) is 10.9. The predicted octanol–water partition coefficient (Wildman–Crippen LogP) is 2.71. The summed E-state index contributed by atoms with van der Waals surface area (Å²) in [5.74, 6) is -1.23. The molecule has 2 aromatic rings. The number of carbonyl (C=O) groups is 1. The van der Waals surface area contributed by atoms with E-state index in [1.54, 1.807) is 20.8 Å². The number of fused-ring (bicyclic) bond motifs is 1. The smallest absolute Gasteiger partial charge is 0.407 e. The lowest BCUT2D eigenvalue weighted by Gasteiger charge is -2.40. The Kier molecular flexibility index (Phi) is 6.42. The van der Waals surface area contributed by atoms with E-state index in [-0.39, 0.29) is 18.2 Å². The highest BCUT2D eigenvalue weighted by Gasteiger charge is 2.40. The van der Waals surface area contributed by atoms with Gasteiger partial charge in [-0.25, -0.2) is 22.0 Å². The molecule has 2 aliphatic rings. The molecule has 2 aliphatic heterocycles. The van der Waals surface area contributed by atoms with E-state index >= 15 is 0 Å². The van der Waals surface area contributed by atoms with Crippen molar-refractivity contribution in [1.82, 2.24) is 19.4 Å². The summed E-state index contributed by atoms with van der Waals surface area (Å²) in [7, 11) is -3.47. The van der Waals surface area contributed by atoms with Crippen molar-refractivity contribution < 1.29 is 31.5 Å². The molecule has 0 saturated carbocycles. The van der Waals surface area contributed by atoms with Crippen molar-refractivity contribution >= 4 is 16.1 Å². The topological polar surface area (TPSA) is 103 Å². The van der Waals surface area contributed by atoms with Crippen LogP contribution in [0.4, 0.5) is 13.6 Å². The van der Waals surface area contributed by atoms with Crippen LogP contribution in [0.1, 0.15) is 50.1 Å². The van der Waals surface area contributed by atoms with Crippen LogP contribution in [0.3, 0.4) is 0 Å². The zero-order chi connectivity index (χ0) is 24.8. The molecule has 1 N–H and O–H groups in total. The van der Waals surface area contributed by atoms with Gasteiger partial charge in [-0.3, -0.25) is 4.90 Å². The van der Waals surface area contributed by atoms with Crippen LogP contribution in [0.2, 0.25) is 0 Å². The summed E-state index contributed by atoms with van der Waals surface area (Å²) in [6, 6.07) is 2.27. The Hall–Kier alpha value is -2.57. The monoisotopic (exact) mass is 498 g/mol. The Morgan fingerprint density at radius 1 is 1.26 bits per heavy atom. The average Bonchev–Trinajstić information content (AvgIpc) is 3.28. The summed E-state index contributed by atoms with van der Waals surface area (Å²) in [6.45, 7) is 6.26. The summed E-state index contributed by atoms with van der Waals surface area (Å²) >= 11 is 0. The van der Waals surface area contributed by atoms with Gasteiger partial charge in [0.1, 0.15) is 23.3 Å². The standard InChI is InChI=1S/C22H28F2N4O5S/c1-22(2,3)33-21(29)25-18-8-15(12-32-20(18)16-7-14(23)5-6-17(16)24)27-9-13-10-28(34(4,30)31)26-19(13)11-27/h5-7,10,15,18,20H,8-9,11-12H2,1-4H3,(H,25,29). The van der Waals surface area contributed by atoms with E-state index in [2.05, 4.69) is 15.3 Å². The molecule has 34 heavy (non-hydrogen) atoms. The molecule has 0 spiro atoms. The Morgan fingerprint density at radius 2 is 2.00 bits per heavy atom. The minimum atomic E-state index is -3.47. The Morgan fingerprint density at radius 3 is 2.65 bits per heavy atom. The molecule has 1 aromatic carbocycles. The number of aromatic nitrogens is 2. The first-order chi connectivity index (χ1) is 15.8. The van der Waals surface area contributed by atoms with Crippen LogP contribution in [0.25, 0.3) is 0 Å². The number of hydrogen-bond donors (Lipinski definition) is 1. The van der Waals surface area contributed by atoms with Crippen LogP contribution in [-0.4, -0.2) is 59.1 Å². The van der Waals surface area contributed by atoms with Gasteiger partial charge in [-0.2, -0.15) is 9.19 Å². The van der Waals surface area contributed by atoms with Crippen molar-refractivity contribution in [2.45, 2.75) is 64.1 Å². The van der Waals surface area contributed by atoms with Crippen LogP contribution >= 0.6 is 0 Å². The van der Waals surface area contributed by atoms with Crippen LogP contribution < -0.4 is 5.32 Å². The van der Waals surface area contributed by atoms with Gasteiger partial charge in [0.05, 0.1) is 24.6 Å². The van der Waals surface area contributed by atoms with Gasteiger partial charge in [0.25, 0.3) is 10.0 Å². The molecule has 1 fully saturated rings. The van der Waals surface area contributed by atoms with Crippen molar-refractivity contribution in [1.29, 1.82) is 0 Å². The number of alkyl carbamates (subject to hydrolysis) is 1. The lowest BCUT2D eigenvalue weighted by molar-refractivity contribution is -0.0629. The molecule has 0 radical (unpaired) electrons. The van der Waals surface area contributed by atoms with Crippen LogP contribution in [-0.2, 0) is 32.6 Å². The number of rotatable bonds is 4. The zero-order valence-electron chi connectivity index (χ0n) is 19.4. The van der Waals surface area contributed by atoms with Gasteiger partial charge in [-0.15, -0.1) is 0 Å². The number of ether oxygens (including phenoxy) is 2. The van der Waals surface area contributed by atoms with Gasteiger partial charge in [-0.05, 0) is 45.4 Å². The quantitative estimate of drug-likeness (QED) is 0.692. The van der Waals surface area contributed by atoms with E-state index in [4.69, 9.17) is 9.47 Å².